The molecular formula is C27H31N5O4S. The zero-order chi connectivity index (χ0) is 26.1. The van der Waals surface area contributed by atoms with E-state index < -0.39 is 5.97 Å². The van der Waals surface area contributed by atoms with Crippen molar-refractivity contribution in [2.45, 2.75) is 22.6 Å². The van der Waals surface area contributed by atoms with Crippen LogP contribution in [0.4, 0.5) is 17.1 Å². The third-order valence-electron chi connectivity index (χ3n) is 7.04. The first kappa shape index (κ1) is 25.2. The molecule has 194 valence electrons. The van der Waals surface area contributed by atoms with Crippen LogP contribution in [-0.2, 0) is 25.3 Å². The maximum atomic E-state index is 12.6. The first-order chi connectivity index (χ1) is 17.8. The van der Waals surface area contributed by atoms with E-state index in [-0.39, 0.29) is 17.7 Å². The SMILES string of the molecule is Cn1cc(N2CCN(CCCN3c4ccccc4Sc4ccc(CC(=O)O)cc43)CC2)c(=O)n(C)c1=O. The summed E-state index contributed by atoms with van der Waals surface area (Å²) in [6.45, 7) is 4.91. The molecule has 2 aliphatic rings. The molecular weight excluding hydrogens is 490 g/mol. The van der Waals surface area contributed by atoms with Gasteiger partial charge in [0.1, 0.15) is 5.69 Å². The van der Waals surface area contributed by atoms with Gasteiger partial charge in [0.25, 0.3) is 5.56 Å². The number of carboxylic acids is 1. The van der Waals surface area contributed by atoms with Gasteiger partial charge < -0.3 is 19.5 Å². The normalized spacial score (nSPS) is 15.4. The van der Waals surface area contributed by atoms with Crippen LogP contribution in [0, 0.1) is 0 Å². The molecule has 0 spiro atoms. The largest absolute Gasteiger partial charge is 0.481 e. The van der Waals surface area contributed by atoms with Gasteiger partial charge in [0, 0.05) is 62.8 Å². The topological polar surface area (TPSA) is 91.0 Å². The molecule has 0 atom stereocenters. The average Bonchev–Trinajstić information content (AvgIpc) is 2.89. The summed E-state index contributed by atoms with van der Waals surface area (Å²) >= 11 is 1.72. The van der Waals surface area contributed by atoms with Crippen molar-refractivity contribution < 1.29 is 9.90 Å². The third-order valence-corrected chi connectivity index (χ3v) is 8.17. The second-order valence-electron chi connectivity index (χ2n) is 9.55. The van der Waals surface area contributed by atoms with Crippen molar-refractivity contribution in [3.8, 4) is 0 Å². The van der Waals surface area contributed by atoms with E-state index in [9.17, 15) is 19.5 Å². The fourth-order valence-electron chi connectivity index (χ4n) is 5.07. The molecule has 0 amide bonds. The number of aromatic nitrogens is 2. The highest BCUT2D eigenvalue weighted by Crippen LogP contribution is 2.48. The number of benzene rings is 2. The van der Waals surface area contributed by atoms with Gasteiger partial charge in [-0.05, 0) is 42.8 Å². The maximum absolute atomic E-state index is 12.6. The third kappa shape index (κ3) is 5.17. The van der Waals surface area contributed by atoms with E-state index in [1.54, 1.807) is 25.0 Å². The Kier molecular flexibility index (Phi) is 7.12. The lowest BCUT2D eigenvalue weighted by molar-refractivity contribution is -0.136. The highest BCUT2D eigenvalue weighted by atomic mass is 32.2. The van der Waals surface area contributed by atoms with Crippen molar-refractivity contribution in [1.29, 1.82) is 0 Å². The number of anilines is 3. The van der Waals surface area contributed by atoms with Gasteiger partial charge in [-0.3, -0.25) is 19.1 Å². The number of nitrogens with zero attached hydrogens (tertiary/aromatic N) is 5. The molecule has 0 saturated carbocycles. The maximum Gasteiger partial charge on any atom is 0.330 e. The van der Waals surface area contributed by atoms with E-state index in [2.05, 4.69) is 26.8 Å². The summed E-state index contributed by atoms with van der Waals surface area (Å²) < 4.78 is 2.62. The fraction of sp³-hybridized carbons (Fsp3) is 0.370. The lowest BCUT2D eigenvalue weighted by Gasteiger charge is -2.37. The van der Waals surface area contributed by atoms with Crippen molar-refractivity contribution in [3.63, 3.8) is 0 Å². The summed E-state index contributed by atoms with van der Waals surface area (Å²) in [5.41, 5.74) is 3.03. The Hall–Kier alpha value is -3.50. The van der Waals surface area contributed by atoms with E-state index in [0.717, 1.165) is 72.1 Å². The summed E-state index contributed by atoms with van der Waals surface area (Å²) in [6.07, 6.45) is 2.60. The molecule has 10 heteroatoms. The van der Waals surface area contributed by atoms with Gasteiger partial charge in [0.15, 0.2) is 0 Å². The molecule has 3 aromatic rings. The van der Waals surface area contributed by atoms with Crippen LogP contribution in [0.5, 0.6) is 0 Å². The van der Waals surface area contributed by atoms with Gasteiger partial charge in [0.2, 0.25) is 0 Å². The van der Waals surface area contributed by atoms with Crippen molar-refractivity contribution >= 4 is 34.8 Å². The molecule has 5 rings (SSSR count). The van der Waals surface area contributed by atoms with Gasteiger partial charge in [-0.2, -0.15) is 0 Å². The Morgan fingerprint density at radius 2 is 1.65 bits per heavy atom. The molecule has 3 heterocycles. The summed E-state index contributed by atoms with van der Waals surface area (Å²) in [5.74, 6) is -0.829. The number of para-hydroxylation sites is 1. The number of carboxylic acid groups (broad SMARTS) is 1. The number of hydrogen-bond acceptors (Lipinski definition) is 7. The Morgan fingerprint density at radius 3 is 2.41 bits per heavy atom. The lowest BCUT2D eigenvalue weighted by Crippen LogP contribution is -2.50. The number of rotatable bonds is 7. The van der Waals surface area contributed by atoms with Crippen LogP contribution in [0.2, 0.25) is 0 Å². The Morgan fingerprint density at radius 1 is 0.919 bits per heavy atom. The molecule has 9 nitrogen and oxygen atoms in total. The van der Waals surface area contributed by atoms with Crippen molar-refractivity contribution in [2.24, 2.45) is 14.1 Å². The Balaban J connectivity index is 1.25. The van der Waals surface area contributed by atoms with Gasteiger partial charge in [-0.1, -0.05) is 30.0 Å². The molecule has 2 aromatic carbocycles. The monoisotopic (exact) mass is 521 g/mol. The summed E-state index contributed by atoms with van der Waals surface area (Å²) in [7, 11) is 3.19. The molecule has 1 fully saturated rings. The van der Waals surface area contributed by atoms with E-state index in [1.165, 1.54) is 16.5 Å². The molecule has 0 unspecified atom stereocenters. The van der Waals surface area contributed by atoms with E-state index in [4.69, 9.17) is 0 Å². The first-order valence-corrected chi connectivity index (χ1v) is 13.3. The number of piperazine rings is 1. The smallest absolute Gasteiger partial charge is 0.330 e. The van der Waals surface area contributed by atoms with Crippen LogP contribution >= 0.6 is 11.8 Å². The number of aliphatic carboxylic acids is 1. The Labute approximate surface area is 219 Å². The molecule has 0 bridgehead atoms. The number of carbonyl (C=O) groups is 1. The number of aryl methyl sites for hydroxylation is 1. The predicted octanol–water partition coefficient (Wildman–Crippen LogP) is 2.53. The summed E-state index contributed by atoms with van der Waals surface area (Å²) in [4.78, 5) is 45.0. The van der Waals surface area contributed by atoms with Crippen LogP contribution in [0.15, 0.2) is 68.0 Å². The highest BCUT2D eigenvalue weighted by Gasteiger charge is 2.25. The summed E-state index contributed by atoms with van der Waals surface area (Å²) in [5, 5.41) is 9.26. The molecule has 1 aromatic heterocycles. The van der Waals surface area contributed by atoms with E-state index in [1.807, 2.05) is 30.3 Å². The minimum atomic E-state index is -0.829. The molecule has 37 heavy (non-hydrogen) atoms. The summed E-state index contributed by atoms with van der Waals surface area (Å²) in [6, 6.07) is 14.3. The lowest BCUT2D eigenvalue weighted by atomic mass is 10.1. The van der Waals surface area contributed by atoms with Crippen LogP contribution in [0.25, 0.3) is 0 Å². The standard InChI is InChI=1S/C27H31N5O4S/c1-28-18-22(26(35)29(2)27(28)36)31-14-12-30(13-15-31)10-5-11-32-20-6-3-4-7-23(20)37-24-9-8-19(16-21(24)32)17-25(33)34/h3-4,6-9,16,18H,5,10-15,17H2,1-2H3,(H,33,34). The molecule has 0 aliphatic carbocycles. The predicted molar refractivity (Wildman–Crippen MR) is 146 cm³/mol. The van der Waals surface area contributed by atoms with Gasteiger partial charge in [-0.25, -0.2) is 4.79 Å². The van der Waals surface area contributed by atoms with Crippen molar-refractivity contribution in [3.05, 3.63) is 75.1 Å². The van der Waals surface area contributed by atoms with Crippen LogP contribution in [0.3, 0.4) is 0 Å². The van der Waals surface area contributed by atoms with Crippen molar-refractivity contribution in [1.82, 2.24) is 14.0 Å². The quantitative estimate of drug-likeness (QED) is 0.507. The molecule has 2 aliphatic heterocycles. The Bertz CT molecular complexity index is 1440. The minimum Gasteiger partial charge on any atom is -0.481 e. The highest BCUT2D eigenvalue weighted by molar-refractivity contribution is 7.99. The molecule has 1 saturated heterocycles. The fourth-order valence-corrected chi connectivity index (χ4v) is 6.15. The zero-order valence-corrected chi connectivity index (χ0v) is 21.9. The van der Waals surface area contributed by atoms with Crippen LogP contribution in [0.1, 0.15) is 12.0 Å². The molecule has 0 radical (unpaired) electrons. The van der Waals surface area contributed by atoms with Gasteiger partial charge >= 0.3 is 11.7 Å². The number of fused-ring (bicyclic) bond motifs is 2. The average molecular weight is 522 g/mol. The first-order valence-electron chi connectivity index (χ1n) is 12.4. The second kappa shape index (κ2) is 10.5. The zero-order valence-electron chi connectivity index (χ0n) is 21.1. The molecule has 1 N–H and O–H groups in total. The second-order valence-corrected chi connectivity index (χ2v) is 10.6. The van der Waals surface area contributed by atoms with E-state index in [0.29, 0.717) is 5.69 Å². The van der Waals surface area contributed by atoms with Crippen LogP contribution in [-0.4, -0.2) is 64.4 Å². The van der Waals surface area contributed by atoms with Crippen molar-refractivity contribution in [2.75, 3.05) is 49.1 Å². The van der Waals surface area contributed by atoms with Gasteiger partial charge in [-0.15, -0.1) is 0 Å². The van der Waals surface area contributed by atoms with E-state index >= 15 is 0 Å². The number of hydrogen-bond donors (Lipinski definition) is 1. The van der Waals surface area contributed by atoms with Crippen LogP contribution < -0.4 is 21.0 Å². The van der Waals surface area contributed by atoms with Gasteiger partial charge in [0.05, 0.1) is 17.8 Å². The minimum absolute atomic E-state index is 0.0103.